The molecule has 7 heteroatoms. The Bertz CT molecular complexity index is 1510. The standard InChI is InChI=1S/C31H25Cl2N3O2/c1-36-27-15-9-8-14-23(27)28(22-12-6-3-7-13-22)34-29(31(36)38)35-30(37)24(21-10-4-2-5-11-21)18-20-16-17-25(32)26(33)19-20/h2-17,19,24,29H,18H2,1H3,(H,35,37)/t24-,29+/m0/s1. The van der Waals surface area contributed by atoms with Crippen molar-refractivity contribution in [3.05, 3.63) is 135 Å². The van der Waals surface area contributed by atoms with Crippen molar-refractivity contribution in [2.45, 2.75) is 18.5 Å². The van der Waals surface area contributed by atoms with E-state index >= 15 is 0 Å². The Morgan fingerprint density at radius 2 is 1.55 bits per heavy atom. The lowest BCUT2D eigenvalue weighted by molar-refractivity contribution is -0.128. The van der Waals surface area contributed by atoms with Crippen LogP contribution < -0.4 is 10.2 Å². The number of para-hydroxylation sites is 1. The SMILES string of the molecule is CN1C(=O)[C@@H](NC(=O)[C@@H](Cc2ccc(Cl)c(Cl)c2)c2ccccc2)N=C(c2ccccc2)c2ccccc21. The van der Waals surface area contributed by atoms with Crippen molar-refractivity contribution in [1.29, 1.82) is 0 Å². The Balaban J connectivity index is 1.52. The number of rotatable bonds is 6. The molecule has 0 unspecified atom stereocenters. The second-order valence-corrected chi connectivity index (χ2v) is 9.90. The molecular weight excluding hydrogens is 517 g/mol. The van der Waals surface area contributed by atoms with E-state index < -0.39 is 12.1 Å². The van der Waals surface area contributed by atoms with E-state index in [0.29, 0.717) is 22.2 Å². The van der Waals surface area contributed by atoms with Crippen molar-refractivity contribution < 1.29 is 9.59 Å². The van der Waals surface area contributed by atoms with Gasteiger partial charge in [-0.25, -0.2) is 4.99 Å². The van der Waals surface area contributed by atoms with E-state index in [-0.39, 0.29) is 11.8 Å². The molecule has 0 saturated heterocycles. The summed E-state index contributed by atoms with van der Waals surface area (Å²) < 4.78 is 0. The molecule has 190 valence electrons. The molecule has 0 aromatic heterocycles. The van der Waals surface area contributed by atoms with Gasteiger partial charge in [0.25, 0.3) is 5.91 Å². The molecule has 1 aliphatic heterocycles. The summed E-state index contributed by atoms with van der Waals surface area (Å²) in [6, 6.07) is 32.1. The lowest BCUT2D eigenvalue weighted by Gasteiger charge is -2.23. The van der Waals surface area contributed by atoms with Crippen LogP contribution in [0.1, 0.15) is 28.2 Å². The van der Waals surface area contributed by atoms with Crippen LogP contribution in [-0.2, 0) is 16.0 Å². The number of aliphatic imine (C=N–C) groups is 1. The monoisotopic (exact) mass is 541 g/mol. The van der Waals surface area contributed by atoms with E-state index in [2.05, 4.69) is 5.32 Å². The highest BCUT2D eigenvalue weighted by Crippen LogP contribution is 2.29. The van der Waals surface area contributed by atoms with Gasteiger partial charge in [0.1, 0.15) is 0 Å². The molecule has 5 nitrogen and oxygen atoms in total. The molecule has 1 aliphatic rings. The van der Waals surface area contributed by atoms with Gasteiger partial charge in [-0.15, -0.1) is 0 Å². The molecule has 1 heterocycles. The maximum absolute atomic E-state index is 13.8. The van der Waals surface area contributed by atoms with E-state index in [9.17, 15) is 9.59 Å². The van der Waals surface area contributed by atoms with E-state index in [4.69, 9.17) is 28.2 Å². The minimum atomic E-state index is -1.10. The third-order valence-corrected chi connectivity index (χ3v) is 7.35. The summed E-state index contributed by atoms with van der Waals surface area (Å²) in [5, 5.41) is 3.81. The lowest BCUT2D eigenvalue weighted by atomic mass is 9.91. The number of amides is 2. The highest BCUT2D eigenvalue weighted by atomic mass is 35.5. The van der Waals surface area contributed by atoms with Crippen molar-refractivity contribution in [1.82, 2.24) is 5.32 Å². The van der Waals surface area contributed by atoms with Gasteiger partial charge in [0, 0.05) is 18.2 Å². The van der Waals surface area contributed by atoms with Crippen LogP contribution in [0.3, 0.4) is 0 Å². The van der Waals surface area contributed by atoms with Crippen LogP contribution in [0.2, 0.25) is 10.0 Å². The summed E-state index contributed by atoms with van der Waals surface area (Å²) in [6.07, 6.45) is -0.728. The molecule has 0 spiro atoms. The van der Waals surface area contributed by atoms with Crippen LogP contribution in [0.15, 0.2) is 108 Å². The largest absolute Gasteiger partial charge is 0.326 e. The van der Waals surface area contributed by atoms with Crippen LogP contribution in [0.4, 0.5) is 5.69 Å². The van der Waals surface area contributed by atoms with Crippen molar-refractivity contribution in [2.75, 3.05) is 11.9 Å². The number of nitrogens with zero attached hydrogens (tertiary/aromatic N) is 2. The van der Waals surface area contributed by atoms with Crippen molar-refractivity contribution in [3.8, 4) is 0 Å². The molecule has 2 amide bonds. The molecule has 4 aromatic carbocycles. The first-order valence-electron chi connectivity index (χ1n) is 12.2. The molecular formula is C31H25Cl2N3O2. The van der Waals surface area contributed by atoms with Gasteiger partial charge in [-0.05, 0) is 35.7 Å². The van der Waals surface area contributed by atoms with Gasteiger partial charge in [-0.2, -0.15) is 0 Å². The average molecular weight is 542 g/mol. The number of hydrogen-bond donors (Lipinski definition) is 1. The van der Waals surface area contributed by atoms with Crippen LogP contribution in [-0.4, -0.2) is 30.7 Å². The number of likely N-dealkylation sites (N-methyl/N-ethyl adjacent to an activating group) is 1. The second-order valence-electron chi connectivity index (χ2n) is 9.09. The van der Waals surface area contributed by atoms with Gasteiger partial charge in [-0.1, -0.05) is 108 Å². The summed E-state index contributed by atoms with van der Waals surface area (Å²) >= 11 is 12.4. The summed E-state index contributed by atoms with van der Waals surface area (Å²) in [5.74, 6) is -1.21. The summed E-state index contributed by atoms with van der Waals surface area (Å²) in [5.41, 5.74) is 4.73. The van der Waals surface area contributed by atoms with Crippen LogP contribution in [0.25, 0.3) is 0 Å². The fourth-order valence-corrected chi connectivity index (χ4v) is 4.95. The van der Waals surface area contributed by atoms with E-state index in [1.54, 1.807) is 24.1 Å². The number of halogens is 2. The van der Waals surface area contributed by atoms with Crippen LogP contribution in [0, 0.1) is 0 Å². The van der Waals surface area contributed by atoms with Gasteiger partial charge in [-0.3, -0.25) is 9.59 Å². The zero-order valence-corrected chi connectivity index (χ0v) is 22.2. The predicted octanol–water partition coefficient (Wildman–Crippen LogP) is 6.28. The molecule has 2 atom stereocenters. The highest BCUT2D eigenvalue weighted by molar-refractivity contribution is 6.42. The fraction of sp³-hybridized carbons (Fsp3) is 0.129. The Labute approximate surface area is 231 Å². The molecule has 0 saturated carbocycles. The number of fused-ring (bicyclic) bond motifs is 1. The normalized spacial score (nSPS) is 15.8. The molecule has 0 radical (unpaired) electrons. The van der Waals surface area contributed by atoms with E-state index in [1.807, 2.05) is 91.0 Å². The third kappa shape index (κ3) is 5.35. The Morgan fingerprint density at radius 3 is 2.26 bits per heavy atom. The molecule has 0 bridgehead atoms. The summed E-state index contributed by atoms with van der Waals surface area (Å²) in [4.78, 5) is 33.8. The molecule has 1 N–H and O–H groups in total. The van der Waals surface area contributed by atoms with Gasteiger partial charge in [0.05, 0.1) is 27.4 Å². The molecule has 5 rings (SSSR count). The summed E-state index contributed by atoms with van der Waals surface area (Å²) in [7, 11) is 1.70. The quantitative estimate of drug-likeness (QED) is 0.312. The highest BCUT2D eigenvalue weighted by Gasteiger charge is 2.33. The predicted molar refractivity (Wildman–Crippen MR) is 153 cm³/mol. The minimum absolute atomic E-state index is 0.309. The maximum atomic E-state index is 13.8. The van der Waals surface area contributed by atoms with Crippen LogP contribution >= 0.6 is 23.2 Å². The zero-order valence-electron chi connectivity index (χ0n) is 20.6. The number of benzodiazepines with no additional fused rings is 1. The van der Waals surface area contributed by atoms with E-state index in [1.165, 1.54) is 0 Å². The van der Waals surface area contributed by atoms with Crippen molar-refractivity contribution in [3.63, 3.8) is 0 Å². The van der Waals surface area contributed by atoms with Gasteiger partial charge >= 0.3 is 0 Å². The molecule has 0 fully saturated rings. The van der Waals surface area contributed by atoms with Crippen molar-refractivity contribution in [2.24, 2.45) is 4.99 Å². The second kappa shape index (κ2) is 11.2. The number of hydrogen-bond acceptors (Lipinski definition) is 3. The van der Waals surface area contributed by atoms with Crippen LogP contribution in [0.5, 0.6) is 0 Å². The molecule has 4 aromatic rings. The molecule has 0 aliphatic carbocycles. The summed E-state index contributed by atoms with van der Waals surface area (Å²) in [6.45, 7) is 0. The van der Waals surface area contributed by atoms with Crippen molar-refractivity contribution >= 4 is 46.4 Å². The topological polar surface area (TPSA) is 61.8 Å². The number of carbonyl (C=O) groups excluding carboxylic acids is 2. The Hall–Kier alpha value is -3.93. The Morgan fingerprint density at radius 1 is 0.895 bits per heavy atom. The number of anilines is 1. The minimum Gasteiger partial charge on any atom is -0.326 e. The van der Waals surface area contributed by atoms with Gasteiger partial charge in [0.15, 0.2) is 0 Å². The number of nitrogens with one attached hydrogen (secondary N) is 1. The first-order valence-corrected chi connectivity index (χ1v) is 13.0. The van der Waals surface area contributed by atoms with Gasteiger partial charge < -0.3 is 10.2 Å². The van der Waals surface area contributed by atoms with E-state index in [0.717, 1.165) is 27.9 Å². The molecule has 38 heavy (non-hydrogen) atoms. The first-order chi connectivity index (χ1) is 18.4. The fourth-order valence-electron chi connectivity index (χ4n) is 4.63. The zero-order chi connectivity index (χ0) is 26.6. The first kappa shape index (κ1) is 25.7. The average Bonchev–Trinajstić information content (AvgIpc) is 3.05. The van der Waals surface area contributed by atoms with Gasteiger partial charge in [0.2, 0.25) is 12.1 Å². The smallest absolute Gasteiger partial charge is 0.272 e. The maximum Gasteiger partial charge on any atom is 0.272 e. The number of carbonyl (C=O) groups is 2. The lowest BCUT2D eigenvalue weighted by Crippen LogP contribution is -2.47. The number of benzene rings is 4. The third-order valence-electron chi connectivity index (χ3n) is 6.61. The Kier molecular flexibility index (Phi) is 7.59.